The van der Waals surface area contributed by atoms with E-state index in [0.717, 1.165) is 40.7 Å². The van der Waals surface area contributed by atoms with E-state index in [0.29, 0.717) is 33.8 Å². The van der Waals surface area contributed by atoms with E-state index < -0.39 is 0 Å². The number of piperidine rings is 4. The summed E-state index contributed by atoms with van der Waals surface area (Å²) >= 11 is 13.0. The van der Waals surface area contributed by atoms with Crippen LogP contribution in [0.3, 0.4) is 0 Å². The molecular formula is C37H45Cl2N2O2+. The van der Waals surface area contributed by atoms with E-state index in [9.17, 15) is 4.79 Å². The lowest BCUT2D eigenvalue weighted by atomic mass is 9.65. The zero-order chi connectivity index (χ0) is 30.2. The molecule has 2 unspecified atom stereocenters. The maximum Gasteiger partial charge on any atom is 0.227 e. The summed E-state index contributed by atoms with van der Waals surface area (Å²) in [5, 5.41) is 1.11. The third-order valence-electron chi connectivity index (χ3n) is 10.9. The fraction of sp³-hybridized carbons (Fsp3) is 0.486. The van der Waals surface area contributed by atoms with E-state index in [2.05, 4.69) is 48.2 Å². The van der Waals surface area contributed by atoms with Gasteiger partial charge in [-0.2, -0.15) is 0 Å². The molecule has 6 heteroatoms. The van der Waals surface area contributed by atoms with Gasteiger partial charge < -0.3 is 14.1 Å². The second-order valence-corrected chi connectivity index (χ2v) is 14.3. The molecule has 7 rings (SSSR count). The van der Waals surface area contributed by atoms with Gasteiger partial charge in [0.25, 0.3) is 0 Å². The highest BCUT2D eigenvalue weighted by Gasteiger charge is 2.54. The second-order valence-electron chi connectivity index (χ2n) is 13.5. The van der Waals surface area contributed by atoms with Gasteiger partial charge >= 0.3 is 0 Å². The first kappa shape index (κ1) is 30.5. The Bertz CT molecular complexity index is 1420. The van der Waals surface area contributed by atoms with E-state index >= 15 is 0 Å². The number of hydrogen-bond acceptors (Lipinski definition) is 2. The molecule has 4 aliphatic heterocycles. The molecule has 3 aromatic carbocycles. The third-order valence-corrected chi connectivity index (χ3v) is 11.6. The van der Waals surface area contributed by atoms with Crippen LogP contribution >= 0.6 is 23.2 Å². The van der Waals surface area contributed by atoms with Crippen LogP contribution in [0.15, 0.2) is 72.8 Å². The van der Waals surface area contributed by atoms with E-state index in [1.165, 1.54) is 44.5 Å². The predicted octanol–water partition coefficient (Wildman–Crippen LogP) is 8.64. The lowest BCUT2D eigenvalue weighted by Gasteiger charge is -2.60. The van der Waals surface area contributed by atoms with Crippen molar-refractivity contribution in [1.82, 2.24) is 4.90 Å². The Labute approximate surface area is 267 Å². The molecule has 0 radical (unpaired) electrons. The number of ether oxygens (including phenoxy) is 1. The number of benzene rings is 3. The smallest absolute Gasteiger partial charge is 0.227 e. The molecule has 4 heterocycles. The van der Waals surface area contributed by atoms with Crippen molar-refractivity contribution in [3.8, 4) is 5.75 Å². The van der Waals surface area contributed by atoms with Gasteiger partial charge in [-0.3, -0.25) is 4.79 Å². The number of hydrogen-bond donors (Lipinski definition) is 0. The molecule has 2 bridgehead atoms. The Morgan fingerprint density at radius 1 is 0.930 bits per heavy atom. The molecule has 4 aliphatic rings. The summed E-state index contributed by atoms with van der Waals surface area (Å²) in [7, 11) is 0. The molecule has 4 saturated heterocycles. The van der Waals surface area contributed by atoms with Crippen molar-refractivity contribution in [3.05, 3.63) is 99.5 Å². The Morgan fingerprint density at radius 2 is 1.65 bits per heavy atom. The normalized spacial score (nSPS) is 27.7. The molecule has 3 aromatic rings. The van der Waals surface area contributed by atoms with E-state index in [1.54, 1.807) is 0 Å². The fourth-order valence-corrected chi connectivity index (χ4v) is 8.78. The van der Waals surface area contributed by atoms with Crippen LogP contribution < -0.4 is 4.74 Å². The molecule has 1 amide bonds. The summed E-state index contributed by atoms with van der Waals surface area (Å²) in [4.78, 5) is 16.3. The summed E-state index contributed by atoms with van der Waals surface area (Å²) in [6.07, 6.45) is 6.28. The van der Waals surface area contributed by atoms with E-state index in [-0.39, 0.29) is 18.1 Å². The van der Waals surface area contributed by atoms with Crippen molar-refractivity contribution < 1.29 is 14.0 Å². The average molecular weight is 621 g/mol. The Balaban J connectivity index is 1.28. The minimum absolute atomic E-state index is 0.0312. The SMILES string of the molecule is CC(C)Oc1cccc(CC(=O)N2CCCC([C@H](C)[N+]34CCC(c5ccccc5)(CC3)CC4)C2c2ccc(Cl)c(Cl)c2)c1. The number of halogens is 2. The first-order valence-corrected chi connectivity index (χ1v) is 16.9. The lowest BCUT2D eigenvalue weighted by molar-refractivity contribution is -0.967. The lowest BCUT2D eigenvalue weighted by Crippen LogP contribution is -2.68. The molecule has 0 aliphatic carbocycles. The van der Waals surface area contributed by atoms with Crippen LogP contribution in [0, 0.1) is 5.92 Å². The van der Waals surface area contributed by atoms with Crippen LogP contribution in [0.4, 0.5) is 0 Å². The summed E-state index contributed by atoms with van der Waals surface area (Å²) in [5.74, 6) is 1.31. The fourth-order valence-electron chi connectivity index (χ4n) is 8.47. The third kappa shape index (κ3) is 6.08. The Morgan fingerprint density at radius 3 is 2.33 bits per heavy atom. The van der Waals surface area contributed by atoms with E-state index in [4.69, 9.17) is 27.9 Å². The summed E-state index contributed by atoms with van der Waals surface area (Å²) in [6.45, 7) is 10.9. The number of likely N-dealkylation sites (tertiary alicyclic amines) is 1. The van der Waals surface area contributed by atoms with Gasteiger partial charge in [0.05, 0.1) is 54.3 Å². The number of nitrogens with zero attached hydrogens (tertiary/aromatic N) is 2. The molecule has 0 saturated carbocycles. The van der Waals surface area contributed by atoms with Crippen molar-refractivity contribution in [1.29, 1.82) is 0 Å². The number of fused-ring (bicyclic) bond motifs is 3. The summed E-state index contributed by atoms with van der Waals surface area (Å²) in [6, 6.07) is 25.6. The van der Waals surface area contributed by atoms with Gasteiger partial charge in [0.15, 0.2) is 0 Å². The summed E-state index contributed by atoms with van der Waals surface area (Å²) in [5.41, 5.74) is 3.93. The van der Waals surface area contributed by atoms with Crippen LogP contribution in [0.25, 0.3) is 0 Å². The number of rotatable bonds is 8. The topological polar surface area (TPSA) is 29.5 Å². The number of quaternary nitrogens is 1. The van der Waals surface area contributed by atoms with Gasteiger partial charge in [-0.1, -0.05) is 71.7 Å². The van der Waals surface area contributed by atoms with E-state index in [1.807, 2.05) is 50.2 Å². The molecule has 228 valence electrons. The van der Waals surface area contributed by atoms with Gasteiger partial charge in [-0.25, -0.2) is 0 Å². The zero-order valence-electron chi connectivity index (χ0n) is 25.8. The monoisotopic (exact) mass is 619 g/mol. The number of carbonyl (C=O) groups is 1. The predicted molar refractivity (Wildman–Crippen MR) is 176 cm³/mol. The maximum atomic E-state index is 14.2. The molecular weight excluding hydrogens is 575 g/mol. The minimum Gasteiger partial charge on any atom is -0.491 e. The first-order chi connectivity index (χ1) is 20.7. The molecule has 4 nitrogen and oxygen atoms in total. The van der Waals surface area contributed by atoms with Crippen molar-refractivity contribution in [2.24, 2.45) is 5.92 Å². The average Bonchev–Trinajstić information content (AvgIpc) is 3.03. The highest BCUT2D eigenvalue weighted by atomic mass is 35.5. The van der Waals surface area contributed by atoms with Crippen LogP contribution in [-0.2, 0) is 16.6 Å². The molecule has 43 heavy (non-hydrogen) atoms. The molecule has 0 spiro atoms. The van der Waals surface area contributed by atoms with Crippen molar-refractivity contribution >= 4 is 29.1 Å². The van der Waals surface area contributed by atoms with Crippen molar-refractivity contribution in [3.63, 3.8) is 0 Å². The second kappa shape index (κ2) is 12.5. The quantitative estimate of drug-likeness (QED) is 0.236. The zero-order valence-corrected chi connectivity index (χ0v) is 27.3. The molecule has 4 fully saturated rings. The maximum absolute atomic E-state index is 14.2. The molecule has 3 atom stereocenters. The molecule has 0 N–H and O–H groups in total. The number of carbonyl (C=O) groups excluding carboxylic acids is 1. The van der Waals surface area contributed by atoms with Crippen molar-refractivity contribution in [2.75, 3.05) is 26.2 Å². The van der Waals surface area contributed by atoms with Gasteiger partial charge in [-0.15, -0.1) is 0 Å². The Hall–Kier alpha value is -2.53. The highest BCUT2D eigenvalue weighted by molar-refractivity contribution is 6.42. The van der Waals surface area contributed by atoms with Crippen LogP contribution in [0.5, 0.6) is 5.75 Å². The Kier molecular flexibility index (Phi) is 8.84. The van der Waals surface area contributed by atoms with Crippen LogP contribution in [0.2, 0.25) is 10.0 Å². The van der Waals surface area contributed by atoms with Crippen LogP contribution in [-0.4, -0.2) is 53.6 Å². The largest absolute Gasteiger partial charge is 0.491 e. The minimum atomic E-state index is -0.0312. The molecule has 0 aromatic heterocycles. The summed E-state index contributed by atoms with van der Waals surface area (Å²) < 4.78 is 7.08. The van der Waals surface area contributed by atoms with Gasteiger partial charge in [-0.05, 0) is 74.6 Å². The van der Waals surface area contributed by atoms with Gasteiger partial charge in [0, 0.05) is 37.1 Å². The van der Waals surface area contributed by atoms with Crippen molar-refractivity contribution in [2.45, 2.75) is 82.9 Å². The van der Waals surface area contributed by atoms with Crippen LogP contribution in [0.1, 0.15) is 75.6 Å². The highest BCUT2D eigenvalue weighted by Crippen LogP contribution is 2.50. The first-order valence-electron chi connectivity index (χ1n) is 16.1. The number of amides is 1. The van der Waals surface area contributed by atoms with Gasteiger partial charge in [0.1, 0.15) is 5.75 Å². The van der Waals surface area contributed by atoms with Gasteiger partial charge in [0.2, 0.25) is 5.91 Å². The standard InChI is InChI=1S/C37H45Cl2N2O2/c1-26(2)43-31-12-7-9-28(23-31)24-35(42)40-19-8-13-32(36(40)29-14-15-33(38)34(39)25-29)27(3)41-20-16-37(17-21-41,18-22-41)30-10-5-4-6-11-30/h4-7,9-12,14-15,23,25-27,32,36H,8,13,16-22,24H2,1-3H3/q+1/t27-,32?,36?,37?,41?/m0/s1.